The topological polar surface area (TPSA) is 58.6 Å². The summed E-state index contributed by atoms with van der Waals surface area (Å²) < 4.78 is 16.3. The van der Waals surface area contributed by atoms with Crippen LogP contribution in [0.3, 0.4) is 0 Å². The van der Waals surface area contributed by atoms with Crippen LogP contribution in [0.2, 0.25) is 0 Å². The van der Waals surface area contributed by atoms with Crippen molar-refractivity contribution in [3.63, 3.8) is 0 Å². The maximum atomic E-state index is 5.74. The smallest absolute Gasteiger partial charge is 0.193 e. The van der Waals surface area contributed by atoms with Crippen LogP contribution in [-0.2, 0) is 14.2 Å². The summed E-state index contributed by atoms with van der Waals surface area (Å²) in [5, 5.41) is 3.51. The quantitative estimate of drug-likeness (QED) is 0.325. The van der Waals surface area contributed by atoms with E-state index in [9.17, 15) is 0 Å². The molecule has 0 amide bonds. The minimum atomic E-state index is 0.494. The number of hydrogen-bond donors (Lipinski definition) is 1. The van der Waals surface area contributed by atoms with Gasteiger partial charge in [-0.2, -0.15) is 0 Å². The van der Waals surface area contributed by atoms with Gasteiger partial charge in [0.2, 0.25) is 0 Å². The average molecular weight is 399 g/mol. The normalized spacial score (nSPS) is 22.8. The molecule has 2 saturated heterocycles. The second kappa shape index (κ2) is 13.4. The first-order valence-corrected chi connectivity index (χ1v) is 11.1. The molecule has 2 aliphatic heterocycles. The van der Waals surface area contributed by atoms with Gasteiger partial charge in [-0.1, -0.05) is 13.8 Å². The third-order valence-corrected chi connectivity index (χ3v) is 5.46. The molecule has 2 fully saturated rings. The number of hydrogen-bond acceptors (Lipinski definition) is 5. The van der Waals surface area contributed by atoms with Gasteiger partial charge in [-0.25, -0.2) is 0 Å². The van der Waals surface area contributed by atoms with Crippen molar-refractivity contribution in [3.8, 4) is 0 Å². The Morgan fingerprint density at radius 3 is 2.68 bits per heavy atom. The van der Waals surface area contributed by atoms with Crippen LogP contribution >= 0.6 is 0 Å². The van der Waals surface area contributed by atoms with E-state index in [2.05, 4.69) is 35.9 Å². The Morgan fingerprint density at radius 1 is 1.21 bits per heavy atom. The van der Waals surface area contributed by atoms with Gasteiger partial charge in [0.15, 0.2) is 5.96 Å². The van der Waals surface area contributed by atoms with Gasteiger partial charge in [-0.15, -0.1) is 0 Å². The molecule has 0 aromatic carbocycles. The van der Waals surface area contributed by atoms with E-state index in [0.717, 1.165) is 71.5 Å². The largest absolute Gasteiger partial charge is 0.382 e. The van der Waals surface area contributed by atoms with Crippen LogP contribution in [0, 0.1) is 11.8 Å². The molecule has 0 bridgehead atoms. The Labute approximate surface area is 171 Å². The molecule has 7 nitrogen and oxygen atoms in total. The van der Waals surface area contributed by atoms with Crippen LogP contribution in [-0.4, -0.2) is 101 Å². The minimum absolute atomic E-state index is 0.494. The predicted molar refractivity (Wildman–Crippen MR) is 114 cm³/mol. The number of ether oxygens (including phenoxy) is 3. The van der Waals surface area contributed by atoms with Crippen molar-refractivity contribution >= 4 is 5.96 Å². The number of guanidine groups is 1. The lowest BCUT2D eigenvalue weighted by Gasteiger charge is -2.35. The lowest BCUT2D eigenvalue weighted by atomic mass is 10.0. The first-order valence-electron chi connectivity index (χ1n) is 11.1. The van der Waals surface area contributed by atoms with Gasteiger partial charge in [-0.3, -0.25) is 9.89 Å². The lowest BCUT2D eigenvalue weighted by Crippen LogP contribution is -2.46. The van der Waals surface area contributed by atoms with Crippen molar-refractivity contribution in [2.75, 3.05) is 79.4 Å². The third-order valence-electron chi connectivity index (χ3n) is 5.46. The second-order valence-electron chi connectivity index (χ2n) is 8.29. The van der Waals surface area contributed by atoms with Crippen molar-refractivity contribution < 1.29 is 14.2 Å². The number of rotatable bonds is 11. The Bertz CT molecular complexity index is 441. The van der Waals surface area contributed by atoms with Crippen molar-refractivity contribution in [2.24, 2.45) is 16.8 Å². The Balaban J connectivity index is 1.90. The number of nitrogens with zero attached hydrogens (tertiary/aromatic N) is 3. The molecule has 2 rings (SSSR count). The fourth-order valence-electron chi connectivity index (χ4n) is 4.00. The summed E-state index contributed by atoms with van der Waals surface area (Å²) in [7, 11) is 1.71. The number of nitrogens with one attached hydrogen (secondary N) is 1. The molecule has 0 saturated carbocycles. The molecule has 28 heavy (non-hydrogen) atoms. The molecule has 0 radical (unpaired) electrons. The van der Waals surface area contributed by atoms with E-state index in [4.69, 9.17) is 19.2 Å². The maximum Gasteiger partial charge on any atom is 0.193 e. The summed E-state index contributed by atoms with van der Waals surface area (Å²) in [4.78, 5) is 10.0. The van der Waals surface area contributed by atoms with E-state index in [0.29, 0.717) is 31.1 Å². The third kappa shape index (κ3) is 8.23. The summed E-state index contributed by atoms with van der Waals surface area (Å²) in [6.07, 6.45) is 2.34. The van der Waals surface area contributed by atoms with E-state index in [-0.39, 0.29) is 0 Å². The Morgan fingerprint density at radius 2 is 2.00 bits per heavy atom. The standard InChI is InChI=1S/C21H42N4O3/c1-5-22-21(25-7-6-19(16-25)17-28-13-12-26-4)23-15-20(14-18(2)3)24-8-10-27-11-9-24/h18-20H,5-17H2,1-4H3,(H,22,23). The Hall–Kier alpha value is -0.890. The van der Waals surface area contributed by atoms with Gasteiger partial charge in [-0.05, 0) is 25.7 Å². The molecule has 164 valence electrons. The molecule has 0 spiro atoms. The molecule has 2 aliphatic rings. The highest BCUT2D eigenvalue weighted by Crippen LogP contribution is 2.18. The van der Waals surface area contributed by atoms with Gasteiger partial charge in [0, 0.05) is 51.8 Å². The van der Waals surface area contributed by atoms with Crippen LogP contribution in [0.15, 0.2) is 4.99 Å². The molecule has 0 aliphatic carbocycles. The molecule has 0 aromatic rings. The van der Waals surface area contributed by atoms with E-state index >= 15 is 0 Å². The molecule has 0 aromatic heterocycles. The second-order valence-corrected chi connectivity index (χ2v) is 8.29. The zero-order valence-electron chi connectivity index (χ0n) is 18.5. The van der Waals surface area contributed by atoms with Crippen LogP contribution in [0.25, 0.3) is 0 Å². The van der Waals surface area contributed by atoms with Gasteiger partial charge in [0.05, 0.1) is 39.6 Å². The van der Waals surface area contributed by atoms with E-state index < -0.39 is 0 Å². The van der Waals surface area contributed by atoms with Crippen molar-refractivity contribution in [1.82, 2.24) is 15.1 Å². The van der Waals surface area contributed by atoms with Crippen molar-refractivity contribution in [1.29, 1.82) is 0 Å². The van der Waals surface area contributed by atoms with Gasteiger partial charge < -0.3 is 24.4 Å². The predicted octanol–water partition coefficient (Wildman–Crippen LogP) is 1.68. The molecule has 1 N–H and O–H groups in total. The van der Waals surface area contributed by atoms with E-state index in [1.165, 1.54) is 6.42 Å². The summed E-state index contributed by atoms with van der Waals surface area (Å²) in [6, 6.07) is 0.494. The van der Waals surface area contributed by atoms with Gasteiger partial charge in [0.25, 0.3) is 0 Å². The monoisotopic (exact) mass is 398 g/mol. The van der Waals surface area contributed by atoms with E-state index in [1.54, 1.807) is 7.11 Å². The highest BCUT2D eigenvalue weighted by Gasteiger charge is 2.26. The first kappa shape index (κ1) is 23.4. The average Bonchev–Trinajstić information content (AvgIpc) is 3.16. The van der Waals surface area contributed by atoms with Gasteiger partial charge >= 0.3 is 0 Å². The van der Waals surface area contributed by atoms with Crippen LogP contribution in [0.1, 0.15) is 33.6 Å². The lowest BCUT2D eigenvalue weighted by molar-refractivity contribution is 0.0142. The molecule has 7 heteroatoms. The fourth-order valence-corrected chi connectivity index (χ4v) is 4.00. The summed E-state index contributed by atoms with van der Waals surface area (Å²) >= 11 is 0. The molecule has 2 heterocycles. The fraction of sp³-hybridized carbons (Fsp3) is 0.952. The highest BCUT2D eigenvalue weighted by molar-refractivity contribution is 5.80. The van der Waals surface area contributed by atoms with Crippen molar-refractivity contribution in [2.45, 2.75) is 39.7 Å². The summed E-state index contributed by atoms with van der Waals surface area (Å²) in [5.41, 5.74) is 0. The number of likely N-dealkylation sites (tertiary alicyclic amines) is 1. The number of aliphatic imine (C=N–C) groups is 1. The zero-order chi connectivity index (χ0) is 20.2. The molecule has 2 unspecified atom stereocenters. The molecular weight excluding hydrogens is 356 g/mol. The molecule has 2 atom stereocenters. The Kier molecular flexibility index (Phi) is 11.2. The first-order chi connectivity index (χ1) is 13.6. The van der Waals surface area contributed by atoms with Crippen LogP contribution in [0.4, 0.5) is 0 Å². The molecular formula is C21H42N4O3. The minimum Gasteiger partial charge on any atom is -0.382 e. The van der Waals surface area contributed by atoms with E-state index in [1.807, 2.05) is 0 Å². The van der Waals surface area contributed by atoms with Crippen molar-refractivity contribution in [3.05, 3.63) is 0 Å². The maximum absolute atomic E-state index is 5.74. The SMILES string of the molecule is CCNC(=NCC(CC(C)C)N1CCOCC1)N1CCC(COCCOC)C1. The van der Waals surface area contributed by atoms with Gasteiger partial charge in [0.1, 0.15) is 0 Å². The number of methoxy groups -OCH3 is 1. The summed E-state index contributed by atoms with van der Waals surface area (Å²) in [5.74, 6) is 2.31. The van der Waals surface area contributed by atoms with Crippen LogP contribution < -0.4 is 5.32 Å². The van der Waals surface area contributed by atoms with Crippen LogP contribution in [0.5, 0.6) is 0 Å². The number of morpholine rings is 1. The highest BCUT2D eigenvalue weighted by atomic mass is 16.5. The summed E-state index contributed by atoms with van der Waals surface area (Å²) in [6.45, 7) is 16.5. The zero-order valence-corrected chi connectivity index (χ0v) is 18.5.